The average molecular weight is 286 g/mol. The molecule has 0 aromatic rings. The summed E-state index contributed by atoms with van der Waals surface area (Å²) in [4.78, 5) is 0. The number of hydrogen-bond donors (Lipinski definition) is 0. The second-order valence-corrected chi connectivity index (χ2v) is 6.11. The molecule has 0 amide bonds. The molecule has 102 valence electrons. The van der Waals surface area contributed by atoms with Crippen molar-refractivity contribution in [2.45, 2.75) is 58.3 Å². The van der Waals surface area contributed by atoms with Crippen molar-refractivity contribution < 1.29 is 46.7 Å². The number of rotatable bonds is 8. The van der Waals surface area contributed by atoms with Crippen LogP contribution in [0.2, 0.25) is 0 Å². The van der Waals surface area contributed by atoms with Crippen LogP contribution in [0.15, 0.2) is 0 Å². The minimum absolute atomic E-state index is 0. The van der Waals surface area contributed by atoms with E-state index < -0.39 is 10.4 Å². The fourth-order valence-corrected chi connectivity index (χ4v) is 3.05. The van der Waals surface area contributed by atoms with Crippen LogP contribution in [0.4, 0.5) is 0 Å². The zero-order chi connectivity index (χ0) is 12.7. The SMILES string of the molecule is CCCCC1CCC(CCCOS(=O)(=O)[O-])C1.[Na+]. The summed E-state index contributed by atoms with van der Waals surface area (Å²) in [5, 5.41) is 0. The normalized spacial score (nSPS) is 23.9. The fraction of sp³-hybridized carbons (Fsp3) is 1.00. The monoisotopic (exact) mass is 286 g/mol. The van der Waals surface area contributed by atoms with Crippen molar-refractivity contribution in [3.8, 4) is 0 Å². The molecule has 1 aliphatic rings. The zero-order valence-electron chi connectivity index (χ0n) is 11.6. The Balaban J connectivity index is 0.00000289. The summed E-state index contributed by atoms with van der Waals surface area (Å²) >= 11 is 0. The summed E-state index contributed by atoms with van der Waals surface area (Å²) in [6.45, 7) is 2.26. The van der Waals surface area contributed by atoms with E-state index >= 15 is 0 Å². The molecule has 0 N–H and O–H groups in total. The van der Waals surface area contributed by atoms with Crippen molar-refractivity contribution >= 4 is 10.4 Å². The third-order valence-electron chi connectivity index (χ3n) is 3.60. The molecule has 1 aliphatic carbocycles. The van der Waals surface area contributed by atoms with Crippen molar-refractivity contribution in [3.05, 3.63) is 0 Å². The first-order chi connectivity index (χ1) is 8.01. The standard InChI is InChI=1S/C12H24O4S.Na/c1-2-3-5-11-7-8-12(10-11)6-4-9-16-17(13,14)15;/h11-12H,2-10H2,1H3,(H,13,14,15);/q;+1/p-1. The molecule has 0 bridgehead atoms. The van der Waals surface area contributed by atoms with E-state index in [1.54, 1.807) is 0 Å². The predicted molar refractivity (Wildman–Crippen MR) is 65.2 cm³/mol. The molecule has 1 saturated carbocycles. The van der Waals surface area contributed by atoms with Gasteiger partial charge in [0.1, 0.15) is 0 Å². The minimum Gasteiger partial charge on any atom is -0.726 e. The summed E-state index contributed by atoms with van der Waals surface area (Å²) in [6.07, 6.45) is 9.39. The summed E-state index contributed by atoms with van der Waals surface area (Å²) in [5.41, 5.74) is 0. The topological polar surface area (TPSA) is 66.4 Å². The Morgan fingerprint density at radius 2 is 1.72 bits per heavy atom. The molecule has 2 atom stereocenters. The molecule has 2 unspecified atom stereocenters. The molecule has 0 aliphatic heterocycles. The number of hydrogen-bond acceptors (Lipinski definition) is 4. The molecule has 4 nitrogen and oxygen atoms in total. The van der Waals surface area contributed by atoms with Crippen LogP contribution in [0, 0.1) is 11.8 Å². The Morgan fingerprint density at radius 3 is 2.22 bits per heavy atom. The first-order valence-electron chi connectivity index (χ1n) is 6.61. The van der Waals surface area contributed by atoms with Crippen LogP contribution in [-0.2, 0) is 14.6 Å². The Morgan fingerprint density at radius 1 is 1.17 bits per heavy atom. The Labute approximate surface area is 133 Å². The van der Waals surface area contributed by atoms with E-state index in [1.165, 1.54) is 38.5 Å². The predicted octanol–water partition coefficient (Wildman–Crippen LogP) is -0.146. The van der Waals surface area contributed by atoms with Gasteiger partial charge in [0.05, 0.1) is 6.61 Å². The van der Waals surface area contributed by atoms with Gasteiger partial charge in [0.2, 0.25) is 10.4 Å². The smallest absolute Gasteiger partial charge is 0.726 e. The van der Waals surface area contributed by atoms with Crippen molar-refractivity contribution in [1.82, 2.24) is 0 Å². The van der Waals surface area contributed by atoms with Gasteiger partial charge in [-0.2, -0.15) is 0 Å². The Hall–Kier alpha value is 0.870. The second-order valence-electron chi connectivity index (χ2n) is 5.06. The Kier molecular flexibility index (Phi) is 10.2. The average Bonchev–Trinajstić information content (AvgIpc) is 2.68. The van der Waals surface area contributed by atoms with Gasteiger partial charge in [0, 0.05) is 0 Å². The van der Waals surface area contributed by atoms with E-state index in [0.717, 1.165) is 12.3 Å². The summed E-state index contributed by atoms with van der Waals surface area (Å²) in [6, 6.07) is 0. The van der Waals surface area contributed by atoms with Gasteiger partial charge in [0.25, 0.3) is 0 Å². The van der Waals surface area contributed by atoms with Crippen molar-refractivity contribution in [2.75, 3.05) is 6.61 Å². The minimum atomic E-state index is -4.49. The zero-order valence-corrected chi connectivity index (χ0v) is 14.4. The second kappa shape index (κ2) is 9.72. The van der Waals surface area contributed by atoms with E-state index in [-0.39, 0.29) is 36.2 Å². The van der Waals surface area contributed by atoms with Gasteiger partial charge in [-0.1, -0.05) is 39.0 Å². The summed E-state index contributed by atoms with van der Waals surface area (Å²) < 4.78 is 34.9. The number of unbranched alkanes of at least 4 members (excludes halogenated alkanes) is 1. The fourth-order valence-electron chi connectivity index (χ4n) is 2.73. The largest absolute Gasteiger partial charge is 1.00 e. The van der Waals surface area contributed by atoms with Gasteiger partial charge in [-0.05, 0) is 31.1 Å². The van der Waals surface area contributed by atoms with E-state index in [9.17, 15) is 13.0 Å². The molecule has 0 aromatic carbocycles. The first kappa shape index (κ1) is 18.9. The maximum atomic E-state index is 10.2. The summed E-state index contributed by atoms with van der Waals surface area (Å²) in [7, 11) is -4.49. The van der Waals surface area contributed by atoms with Crippen LogP contribution < -0.4 is 29.6 Å². The van der Waals surface area contributed by atoms with Crippen molar-refractivity contribution in [1.29, 1.82) is 0 Å². The van der Waals surface area contributed by atoms with E-state index in [0.29, 0.717) is 12.3 Å². The van der Waals surface area contributed by atoms with Crippen LogP contribution in [0.3, 0.4) is 0 Å². The maximum Gasteiger partial charge on any atom is 1.00 e. The van der Waals surface area contributed by atoms with E-state index in [4.69, 9.17) is 0 Å². The molecule has 18 heavy (non-hydrogen) atoms. The van der Waals surface area contributed by atoms with Gasteiger partial charge in [-0.3, -0.25) is 4.18 Å². The van der Waals surface area contributed by atoms with Crippen LogP contribution in [0.5, 0.6) is 0 Å². The van der Waals surface area contributed by atoms with E-state index in [1.807, 2.05) is 0 Å². The van der Waals surface area contributed by atoms with Crippen LogP contribution in [0.1, 0.15) is 58.3 Å². The van der Waals surface area contributed by atoms with Gasteiger partial charge < -0.3 is 4.55 Å². The third kappa shape index (κ3) is 8.88. The molecule has 1 fully saturated rings. The molecule has 0 radical (unpaired) electrons. The third-order valence-corrected chi connectivity index (χ3v) is 4.06. The van der Waals surface area contributed by atoms with Gasteiger partial charge in [-0.15, -0.1) is 0 Å². The molecule has 0 saturated heterocycles. The van der Waals surface area contributed by atoms with Crippen LogP contribution >= 0.6 is 0 Å². The molecular formula is C12H23NaO4S. The molecule has 0 heterocycles. The summed E-state index contributed by atoms with van der Waals surface area (Å²) in [5.74, 6) is 1.57. The van der Waals surface area contributed by atoms with E-state index in [2.05, 4.69) is 11.1 Å². The molecule has 6 heteroatoms. The first-order valence-corrected chi connectivity index (χ1v) is 7.95. The van der Waals surface area contributed by atoms with Gasteiger partial charge in [0.15, 0.2) is 0 Å². The maximum absolute atomic E-state index is 10.2. The van der Waals surface area contributed by atoms with Gasteiger partial charge >= 0.3 is 29.6 Å². The molecular weight excluding hydrogens is 263 g/mol. The van der Waals surface area contributed by atoms with Crippen LogP contribution in [0.25, 0.3) is 0 Å². The van der Waals surface area contributed by atoms with Crippen molar-refractivity contribution in [2.24, 2.45) is 11.8 Å². The Bertz CT molecular complexity index is 305. The quantitative estimate of drug-likeness (QED) is 0.269. The van der Waals surface area contributed by atoms with Gasteiger partial charge in [-0.25, -0.2) is 8.42 Å². The van der Waals surface area contributed by atoms with Crippen molar-refractivity contribution in [3.63, 3.8) is 0 Å². The molecule has 0 aromatic heterocycles. The molecule has 0 spiro atoms. The van der Waals surface area contributed by atoms with Crippen LogP contribution in [-0.4, -0.2) is 19.6 Å². The molecule has 1 rings (SSSR count).